The van der Waals surface area contributed by atoms with Gasteiger partial charge in [0.25, 0.3) is 0 Å². The van der Waals surface area contributed by atoms with Gasteiger partial charge in [0.1, 0.15) is 0 Å². The zero-order valence-electron chi connectivity index (χ0n) is 8.32. The summed E-state index contributed by atoms with van der Waals surface area (Å²) in [6, 6.07) is 4.14. The van der Waals surface area contributed by atoms with Crippen molar-refractivity contribution in [2.75, 3.05) is 6.61 Å². The van der Waals surface area contributed by atoms with Gasteiger partial charge in [-0.3, -0.25) is 5.41 Å². The molecule has 0 fully saturated rings. The van der Waals surface area contributed by atoms with Crippen molar-refractivity contribution in [2.45, 2.75) is 25.9 Å². The van der Waals surface area contributed by atoms with Crippen LogP contribution in [0.1, 0.15) is 18.2 Å². The molecule has 3 N–H and O–H groups in total. The molecule has 14 heavy (non-hydrogen) atoms. The molecule has 0 saturated carbocycles. The van der Waals surface area contributed by atoms with E-state index in [2.05, 4.69) is 11.4 Å². The molecule has 1 unspecified atom stereocenters. The number of rotatable bonds is 6. The maximum absolute atomic E-state index is 7.10. The minimum Gasteiger partial charge on any atom is -0.388 e. The molecule has 0 aliphatic rings. The molecule has 1 aromatic heterocycles. The van der Waals surface area contributed by atoms with Crippen LogP contribution < -0.4 is 5.73 Å². The van der Waals surface area contributed by atoms with E-state index in [-0.39, 0.29) is 11.9 Å². The van der Waals surface area contributed by atoms with Gasteiger partial charge in [-0.05, 0) is 18.4 Å². The van der Waals surface area contributed by atoms with Crippen molar-refractivity contribution < 1.29 is 4.74 Å². The Kier molecular flexibility index (Phi) is 4.62. The highest BCUT2D eigenvalue weighted by Gasteiger charge is 2.03. The van der Waals surface area contributed by atoms with Crippen LogP contribution in [0.15, 0.2) is 17.5 Å². The lowest BCUT2D eigenvalue weighted by atomic mass is 10.2. The lowest BCUT2D eigenvalue weighted by Gasteiger charge is -2.11. The first-order valence-electron chi connectivity index (χ1n) is 4.65. The molecule has 1 heterocycles. The zero-order chi connectivity index (χ0) is 10.4. The molecular formula is C10H16N2OS. The van der Waals surface area contributed by atoms with Crippen molar-refractivity contribution in [2.24, 2.45) is 5.73 Å². The van der Waals surface area contributed by atoms with Gasteiger partial charge in [-0.25, -0.2) is 0 Å². The van der Waals surface area contributed by atoms with Gasteiger partial charge in [0, 0.05) is 17.7 Å². The van der Waals surface area contributed by atoms with Crippen molar-refractivity contribution in [1.82, 2.24) is 0 Å². The fourth-order valence-electron chi connectivity index (χ4n) is 1.18. The Morgan fingerprint density at radius 1 is 1.71 bits per heavy atom. The van der Waals surface area contributed by atoms with Crippen molar-refractivity contribution in [3.63, 3.8) is 0 Å². The van der Waals surface area contributed by atoms with Gasteiger partial charge in [0.2, 0.25) is 0 Å². The number of nitrogens with one attached hydrogen (secondary N) is 1. The van der Waals surface area contributed by atoms with Crippen LogP contribution in [0.4, 0.5) is 0 Å². The first kappa shape index (κ1) is 11.2. The van der Waals surface area contributed by atoms with E-state index >= 15 is 0 Å². The van der Waals surface area contributed by atoms with Gasteiger partial charge < -0.3 is 10.5 Å². The summed E-state index contributed by atoms with van der Waals surface area (Å²) in [7, 11) is 0. The average molecular weight is 212 g/mol. The Hall–Kier alpha value is -0.870. The average Bonchev–Trinajstić information content (AvgIpc) is 2.55. The minimum atomic E-state index is 0.0486. The molecule has 3 nitrogen and oxygen atoms in total. The van der Waals surface area contributed by atoms with Crippen LogP contribution in [-0.2, 0) is 11.2 Å². The molecule has 4 heteroatoms. The molecule has 1 atom stereocenters. The van der Waals surface area contributed by atoms with Gasteiger partial charge in [-0.1, -0.05) is 6.07 Å². The van der Waals surface area contributed by atoms with Gasteiger partial charge in [-0.15, -0.1) is 11.3 Å². The van der Waals surface area contributed by atoms with E-state index in [4.69, 9.17) is 15.9 Å². The highest BCUT2D eigenvalue weighted by molar-refractivity contribution is 7.09. The maximum atomic E-state index is 7.10. The molecule has 1 rings (SSSR count). The van der Waals surface area contributed by atoms with E-state index in [1.54, 1.807) is 11.3 Å². The largest absolute Gasteiger partial charge is 0.388 e. The van der Waals surface area contributed by atoms with E-state index in [9.17, 15) is 0 Å². The molecule has 1 aromatic rings. The quantitative estimate of drug-likeness (QED) is 0.560. The second kappa shape index (κ2) is 5.78. The van der Waals surface area contributed by atoms with Crippen molar-refractivity contribution in [3.05, 3.63) is 22.4 Å². The predicted molar refractivity (Wildman–Crippen MR) is 60.0 cm³/mol. The molecule has 78 valence electrons. The molecule has 0 radical (unpaired) electrons. The number of hydrogen-bond donors (Lipinski definition) is 2. The van der Waals surface area contributed by atoms with E-state index in [0.29, 0.717) is 13.0 Å². The normalized spacial score (nSPS) is 12.6. The number of amidine groups is 1. The Labute approximate surface area is 88.4 Å². The summed E-state index contributed by atoms with van der Waals surface area (Å²) in [5.74, 6) is 0.189. The minimum absolute atomic E-state index is 0.0486. The number of thiophene rings is 1. The highest BCUT2D eigenvalue weighted by atomic mass is 32.1. The zero-order valence-corrected chi connectivity index (χ0v) is 9.14. The summed E-state index contributed by atoms with van der Waals surface area (Å²) in [6.45, 7) is 2.64. The van der Waals surface area contributed by atoms with Gasteiger partial charge in [0.15, 0.2) is 0 Å². The van der Waals surface area contributed by atoms with Crippen molar-refractivity contribution >= 4 is 17.2 Å². The summed E-state index contributed by atoms with van der Waals surface area (Å²) in [5, 5.41) is 9.16. The molecule has 0 spiro atoms. The maximum Gasteiger partial charge on any atom is 0.0931 e. The Bertz CT molecular complexity index is 272. The smallest absolute Gasteiger partial charge is 0.0931 e. The second-order valence-corrected chi connectivity index (χ2v) is 4.27. The van der Waals surface area contributed by atoms with E-state index in [1.165, 1.54) is 4.88 Å². The molecular weight excluding hydrogens is 196 g/mol. The van der Waals surface area contributed by atoms with Crippen molar-refractivity contribution in [3.8, 4) is 0 Å². The van der Waals surface area contributed by atoms with Gasteiger partial charge >= 0.3 is 0 Å². The fraction of sp³-hybridized carbons (Fsp3) is 0.500. The van der Waals surface area contributed by atoms with Crippen molar-refractivity contribution in [1.29, 1.82) is 5.41 Å². The molecule has 0 bridgehead atoms. The van der Waals surface area contributed by atoms with E-state index in [1.807, 2.05) is 13.0 Å². The van der Waals surface area contributed by atoms with E-state index < -0.39 is 0 Å². The number of hydrogen-bond acceptors (Lipinski definition) is 3. The van der Waals surface area contributed by atoms with E-state index in [0.717, 1.165) is 6.42 Å². The standard InChI is InChI=1S/C10H16N2OS/c1-8(7-10(11)12)13-5-4-9-3-2-6-14-9/h2-3,6,8H,4-5,7H2,1H3,(H3,11,12). The monoisotopic (exact) mass is 212 g/mol. The summed E-state index contributed by atoms with van der Waals surface area (Å²) in [6.07, 6.45) is 1.51. The van der Waals surface area contributed by atoms with Crippen LogP contribution in [0.5, 0.6) is 0 Å². The SMILES string of the molecule is CC(CC(=N)N)OCCc1cccs1. The number of nitrogens with two attached hydrogens (primary N) is 1. The van der Waals surface area contributed by atoms with Crippen LogP contribution in [0.3, 0.4) is 0 Å². The third kappa shape index (κ3) is 4.39. The Morgan fingerprint density at radius 2 is 2.50 bits per heavy atom. The van der Waals surface area contributed by atoms with Gasteiger partial charge in [-0.2, -0.15) is 0 Å². The summed E-state index contributed by atoms with van der Waals surface area (Å²) in [5.41, 5.74) is 5.27. The predicted octanol–water partition coefficient (Wildman–Crippen LogP) is 2.02. The van der Waals surface area contributed by atoms with Gasteiger partial charge in [0.05, 0.1) is 18.5 Å². The second-order valence-electron chi connectivity index (χ2n) is 3.24. The van der Waals surface area contributed by atoms with Crippen LogP contribution in [0.25, 0.3) is 0 Å². The molecule has 0 aliphatic carbocycles. The summed E-state index contributed by atoms with van der Waals surface area (Å²) in [4.78, 5) is 1.33. The molecule has 0 saturated heterocycles. The molecule has 0 aromatic carbocycles. The Balaban J connectivity index is 2.12. The van der Waals surface area contributed by atoms with Crippen LogP contribution >= 0.6 is 11.3 Å². The molecule has 0 aliphatic heterocycles. The van der Waals surface area contributed by atoms with Crippen LogP contribution in [-0.4, -0.2) is 18.5 Å². The third-order valence-electron chi connectivity index (χ3n) is 1.84. The third-order valence-corrected chi connectivity index (χ3v) is 2.77. The molecule has 0 amide bonds. The van der Waals surface area contributed by atoms with Crippen LogP contribution in [0.2, 0.25) is 0 Å². The summed E-state index contributed by atoms with van der Waals surface area (Å²) >= 11 is 1.74. The fourth-order valence-corrected chi connectivity index (χ4v) is 1.87. The Morgan fingerprint density at radius 3 is 3.07 bits per heavy atom. The topological polar surface area (TPSA) is 59.1 Å². The lowest BCUT2D eigenvalue weighted by Crippen LogP contribution is -2.20. The summed E-state index contributed by atoms with van der Waals surface area (Å²) < 4.78 is 5.51. The van der Waals surface area contributed by atoms with Crippen LogP contribution in [0, 0.1) is 5.41 Å². The number of ether oxygens (including phenoxy) is 1. The lowest BCUT2D eigenvalue weighted by molar-refractivity contribution is 0.0735. The first-order chi connectivity index (χ1) is 6.68. The highest BCUT2D eigenvalue weighted by Crippen LogP contribution is 2.09. The first-order valence-corrected chi connectivity index (χ1v) is 5.53.